The lowest BCUT2D eigenvalue weighted by molar-refractivity contribution is -0.121. The first-order valence-electron chi connectivity index (χ1n) is 10.7. The summed E-state index contributed by atoms with van der Waals surface area (Å²) in [6.07, 6.45) is 3.83. The largest absolute Gasteiger partial charge is 0.497 e. The van der Waals surface area contributed by atoms with Gasteiger partial charge < -0.3 is 19.2 Å². The number of amides is 1. The van der Waals surface area contributed by atoms with Gasteiger partial charge in [-0.2, -0.15) is 0 Å². The van der Waals surface area contributed by atoms with E-state index in [0.717, 1.165) is 54.6 Å². The predicted octanol–water partition coefficient (Wildman–Crippen LogP) is 4.22. The number of carbonyl (C=O) groups is 1. The molecule has 2 heterocycles. The van der Waals surface area contributed by atoms with E-state index < -0.39 is 0 Å². The van der Waals surface area contributed by atoms with E-state index in [2.05, 4.69) is 23.2 Å². The van der Waals surface area contributed by atoms with Crippen LogP contribution in [-0.4, -0.2) is 38.1 Å². The molecule has 0 saturated carbocycles. The maximum Gasteiger partial charge on any atom is 0.220 e. The average molecular weight is 415 g/mol. The van der Waals surface area contributed by atoms with Gasteiger partial charge in [-0.25, -0.2) is 0 Å². The van der Waals surface area contributed by atoms with Gasteiger partial charge in [0.25, 0.3) is 0 Å². The first-order valence-corrected chi connectivity index (χ1v) is 10.7. The number of benzene rings is 1. The molecule has 1 atom stereocenters. The lowest BCUT2D eigenvalue weighted by Crippen LogP contribution is -2.35. The second kappa shape index (κ2) is 10.5. The number of aryl methyl sites for hydroxylation is 2. The summed E-state index contributed by atoms with van der Waals surface area (Å²) >= 11 is 0. The number of carbonyl (C=O) groups excluding carboxylic acids is 1. The van der Waals surface area contributed by atoms with E-state index in [1.165, 1.54) is 18.4 Å². The Morgan fingerprint density at radius 2 is 2.07 bits per heavy atom. The Kier molecular flexibility index (Phi) is 7.80. The van der Waals surface area contributed by atoms with E-state index in [4.69, 9.17) is 13.9 Å². The Labute approximate surface area is 179 Å². The number of piperidine rings is 1. The molecule has 1 aromatic carbocycles. The molecule has 1 aliphatic heterocycles. The SMILES string of the molecule is COc1ccc(CNC(=O)CCC2CCCN(Cc3cc(C)c(C)o3)C2)c(OC)c1. The molecule has 1 aromatic heterocycles. The van der Waals surface area contributed by atoms with Gasteiger partial charge in [-0.05, 0) is 69.3 Å². The van der Waals surface area contributed by atoms with Gasteiger partial charge in [-0.1, -0.05) is 0 Å². The number of rotatable bonds is 9. The van der Waals surface area contributed by atoms with Gasteiger partial charge in [-0.15, -0.1) is 0 Å². The molecule has 1 saturated heterocycles. The van der Waals surface area contributed by atoms with Gasteiger partial charge in [0.15, 0.2) is 0 Å². The minimum Gasteiger partial charge on any atom is -0.497 e. The smallest absolute Gasteiger partial charge is 0.220 e. The second-order valence-corrected chi connectivity index (χ2v) is 8.19. The lowest BCUT2D eigenvalue weighted by atomic mass is 9.93. The minimum atomic E-state index is 0.0854. The maximum absolute atomic E-state index is 12.4. The summed E-state index contributed by atoms with van der Waals surface area (Å²) in [5.74, 6) is 4.14. The minimum absolute atomic E-state index is 0.0854. The van der Waals surface area contributed by atoms with Crippen molar-refractivity contribution in [1.82, 2.24) is 10.2 Å². The van der Waals surface area contributed by atoms with Gasteiger partial charge in [0.2, 0.25) is 5.91 Å². The van der Waals surface area contributed by atoms with Crippen molar-refractivity contribution in [3.63, 3.8) is 0 Å². The number of furan rings is 1. The van der Waals surface area contributed by atoms with Crippen LogP contribution in [0.3, 0.4) is 0 Å². The third-order valence-electron chi connectivity index (χ3n) is 5.95. The summed E-state index contributed by atoms with van der Waals surface area (Å²) in [6.45, 7) is 7.53. The highest BCUT2D eigenvalue weighted by atomic mass is 16.5. The molecular weight excluding hydrogens is 380 g/mol. The zero-order chi connectivity index (χ0) is 21.5. The number of nitrogens with zero attached hydrogens (tertiary/aromatic N) is 1. The summed E-state index contributed by atoms with van der Waals surface area (Å²) in [4.78, 5) is 14.8. The summed E-state index contributed by atoms with van der Waals surface area (Å²) in [7, 11) is 3.25. The molecule has 6 heteroatoms. The normalized spacial score (nSPS) is 17.0. The van der Waals surface area contributed by atoms with E-state index in [0.29, 0.717) is 18.9 Å². The Morgan fingerprint density at radius 1 is 1.23 bits per heavy atom. The zero-order valence-electron chi connectivity index (χ0n) is 18.6. The van der Waals surface area contributed by atoms with Gasteiger partial charge in [0, 0.05) is 31.1 Å². The molecule has 2 aromatic rings. The van der Waals surface area contributed by atoms with E-state index in [1.807, 2.05) is 25.1 Å². The maximum atomic E-state index is 12.4. The summed E-state index contributed by atoms with van der Waals surface area (Å²) < 4.78 is 16.5. The molecule has 0 radical (unpaired) electrons. The Balaban J connectivity index is 1.43. The monoisotopic (exact) mass is 414 g/mol. The third-order valence-corrected chi connectivity index (χ3v) is 5.95. The molecule has 1 N–H and O–H groups in total. The van der Waals surface area contributed by atoms with Crippen molar-refractivity contribution in [2.45, 2.75) is 52.6 Å². The van der Waals surface area contributed by atoms with Crippen LogP contribution in [0.4, 0.5) is 0 Å². The molecule has 3 rings (SSSR count). The van der Waals surface area contributed by atoms with Crippen molar-refractivity contribution < 1.29 is 18.7 Å². The van der Waals surface area contributed by atoms with Crippen molar-refractivity contribution in [2.24, 2.45) is 5.92 Å². The summed E-state index contributed by atoms with van der Waals surface area (Å²) in [5, 5.41) is 3.02. The average Bonchev–Trinajstić information content (AvgIpc) is 3.07. The number of ether oxygens (including phenoxy) is 2. The van der Waals surface area contributed by atoms with Crippen LogP contribution in [0, 0.1) is 19.8 Å². The van der Waals surface area contributed by atoms with Gasteiger partial charge in [-0.3, -0.25) is 9.69 Å². The van der Waals surface area contributed by atoms with Gasteiger partial charge >= 0.3 is 0 Å². The highest BCUT2D eigenvalue weighted by molar-refractivity contribution is 5.75. The predicted molar refractivity (Wildman–Crippen MR) is 117 cm³/mol. The Morgan fingerprint density at radius 3 is 2.77 bits per heavy atom. The fourth-order valence-corrected chi connectivity index (χ4v) is 4.09. The van der Waals surface area contributed by atoms with Crippen molar-refractivity contribution in [3.05, 3.63) is 46.9 Å². The van der Waals surface area contributed by atoms with Gasteiger partial charge in [0.05, 0.1) is 20.8 Å². The van der Waals surface area contributed by atoms with Crippen molar-refractivity contribution in [1.29, 1.82) is 0 Å². The second-order valence-electron chi connectivity index (χ2n) is 8.19. The molecule has 1 aliphatic rings. The van der Waals surface area contributed by atoms with Crippen LogP contribution < -0.4 is 14.8 Å². The van der Waals surface area contributed by atoms with E-state index >= 15 is 0 Å². The number of hydrogen-bond donors (Lipinski definition) is 1. The molecule has 1 amide bonds. The summed E-state index contributed by atoms with van der Waals surface area (Å²) in [6, 6.07) is 7.78. The van der Waals surface area contributed by atoms with Crippen LogP contribution in [0.1, 0.15) is 48.3 Å². The standard InChI is InChI=1S/C24H34N2O4/c1-17-12-22(30-18(17)2)16-26-11-5-6-19(15-26)7-10-24(27)25-14-20-8-9-21(28-3)13-23(20)29-4/h8-9,12-13,19H,5-7,10-11,14-16H2,1-4H3,(H,25,27). The summed E-state index contributed by atoms with van der Waals surface area (Å²) in [5.41, 5.74) is 2.16. The van der Waals surface area contributed by atoms with Crippen LogP contribution in [0.15, 0.2) is 28.7 Å². The van der Waals surface area contributed by atoms with Crippen LogP contribution in [0.25, 0.3) is 0 Å². The third kappa shape index (κ3) is 6.02. The molecular formula is C24H34N2O4. The number of methoxy groups -OCH3 is 2. The molecule has 6 nitrogen and oxygen atoms in total. The fourth-order valence-electron chi connectivity index (χ4n) is 4.09. The topological polar surface area (TPSA) is 63.9 Å². The van der Waals surface area contributed by atoms with Crippen LogP contribution >= 0.6 is 0 Å². The molecule has 0 bridgehead atoms. The zero-order valence-corrected chi connectivity index (χ0v) is 18.6. The van der Waals surface area contributed by atoms with Crippen LogP contribution in [-0.2, 0) is 17.9 Å². The Bertz CT molecular complexity index is 826. The van der Waals surface area contributed by atoms with Gasteiger partial charge in [0.1, 0.15) is 23.0 Å². The molecule has 0 aliphatic carbocycles. The van der Waals surface area contributed by atoms with E-state index in [-0.39, 0.29) is 5.91 Å². The highest BCUT2D eigenvalue weighted by Gasteiger charge is 2.22. The first-order chi connectivity index (χ1) is 14.5. The van der Waals surface area contributed by atoms with E-state index in [1.54, 1.807) is 14.2 Å². The molecule has 1 fully saturated rings. The number of likely N-dealkylation sites (tertiary alicyclic amines) is 1. The fraction of sp³-hybridized carbons (Fsp3) is 0.542. The highest BCUT2D eigenvalue weighted by Crippen LogP contribution is 2.25. The number of hydrogen-bond acceptors (Lipinski definition) is 5. The molecule has 0 spiro atoms. The lowest BCUT2D eigenvalue weighted by Gasteiger charge is -2.32. The van der Waals surface area contributed by atoms with Crippen molar-refractivity contribution in [3.8, 4) is 11.5 Å². The van der Waals surface area contributed by atoms with Crippen LogP contribution in [0.5, 0.6) is 11.5 Å². The van der Waals surface area contributed by atoms with Crippen molar-refractivity contribution >= 4 is 5.91 Å². The van der Waals surface area contributed by atoms with E-state index in [9.17, 15) is 4.79 Å². The van der Waals surface area contributed by atoms with Crippen LogP contribution in [0.2, 0.25) is 0 Å². The number of nitrogens with one attached hydrogen (secondary N) is 1. The Hall–Kier alpha value is -2.47. The first kappa shape index (κ1) is 22.2. The molecule has 30 heavy (non-hydrogen) atoms. The molecule has 1 unspecified atom stereocenters. The quantitative estimate of drug-likeness (QED) is 0.666. The van der Waals surface area contributed by atoms with Crippen molar-refractivity contribution in [2.75, 3.05) is 27.3 Å². The molecule has 164 valence electrons.